The van der Waals surface area contributed by atoms with Crippen LogP contribution in [0, 0.1) is 17.1 Å². The van der Waals surface area contributed by atoms with Crippen LogP contribution in [0.4, 0.5) is 4.39 Å². The molecule has 14 heavy (non-hydrogen) atoms. The van der Waals surface area contributed by atoms with Crippen molar-refractivity contribution in [1.29, 1.82) is 5.26 Å². The van der Waals surface area contributed by atoms with Gasteiger partial charge in [0.1, 0.15) is 11.6 Å². The second-order valence-electron chi connectivity index (χ2n) is 3.00. The average molecular weight is 190 g/mol. The molecule has 0 unspecified atom stereocenters. The molecule has 0 aliphatic rings. The molecule has 2 rings (SSSR count). The number of hydrogen-bond acceptors (Lipinski definition) is 2. The van der Waals surface area contributed by atoms with E-state index in [1.54, 1.807) is 6.20 Å². The van der Waals surface area contributed by atoms with Gasteiger partial charge in [-0.3, -0.25) is 0 Å². The normalized spacial score (nSPS) is 10.3. The Labute approximate surface area is 79.4 Å². The summed E-state index contributed by atoms with van der Waals surface area (Å²) in [6, 6.07) is 4.31. The zero-order valence-electron chi connectivity index (χ0n) is 7.21. The summed E-state index contributed by atoms with van der Waals surface area (Å²) >= 11 is 0. The molecule has 70 valence electrons. The quantitative estimate of drug-likeness (QED) is 0.723. The summed E-state index contributed by atoms with van der Waals surface area (Å²) in [4.78, 5) is 2.80. The van der Waals surface area contributed by atoms with Gasteiger partial charge in [-0.1, -0.05) is 0 Å². The van der Waals surface area contributed by atoms with Crippen LogP contribution in [0.5, 0.6) is 5.75 Å². The molecule has 0 atom stereocenters. The first-order valence-electron chi connectivity index (χ1n) is 4.08. The molecule has 0 spiro atoms. The van der Waals surface area contributed by atoms with Crippen molar-refractivity contribution < 1.29 is 9.50 Å². The van der Waals surface area contributed by atoms with Crippen LogP contribution in [-0.2, 0) is 6.42 Å². The van der Waals surface area contributed by atoms with Crippen LogP contribution < -0.4 is 0 Å². The largest absolute Gasteiger partial charge is 0.507 e. The average Bonchev–Trinajstić information content (AvgIpc) is 2.49. The van der Waals surface area contributed by atoms with E-state index in [4.69, 9.17) is 5.26 Å². The molecular formula is C10H7FN2O. The number of halogens is 1. The minimum absolute atomic E-state index is 0.133. The number of nitriles is 1. The smallest absolute Gasteiger partial charge is 0.129 e. The van der Waals surface area contributed by atoms with Crippen molar-refractivity contribution >= 4 is 10.9 Å². The van der Waals surface area contributed by atoms with E-state index in [1.165, 1.54) is 6.07 Å². The summed E-state index contributed by atoms with van der Waals surface area (Å²) in [5.41, 5.74) is 1.19. The molecule has 0 fully saturated rings. The van der Waals surface area contributed by atoms with E-state index in [-0.39, 0.29) is 12.2 Å². The molecule has 0 aliphatic heterocycles. The molecule has 0 aliphatic carbocycles. The highest BCUT2D eigenvalue weighted by atomic mass is 19.1. The predicted octanol–water partition coefficient (Wildman–Crippen LogP) is 2.08. The fourth-order valence-corrected chi connectivity index (χ4v) is 1.51. The van der Waals surface area contributed by atoms with Gasteiger partial charge in [0.2, 0.25) is 0 Å². The number of hydrogen-bond donors (Lipinski definition) is 2. The van der Waals surface area contributed by atoms with Crippen LogP contribution in [-0.4, -0.2) is 10.1 Å². The monoisotopic (exact) mass is 190 g/mol. The highest BCUT2D eigenvalue weighted by Gasteiger charge is 2.09. The first-order chi connectivity index (χ1) is 6.72. The summed E-state index contributed by atoms with van der Waals surface area (Å²) in [5, 5.41) is 18.5. The fraction of sp³-hybridized carbons (Fsp3) is 0.100. The van der Waals surface area contributed by atoms with Crippen molar-refractivity contribution in [2.24, 2.45) is 0 Å². The summed E-state index contributed by atoms with van der Waals surface area (Å²) < 4.78 is 12.8. The molecule has 1 heterocycles. The molecule has 0 bridgehead atoms. The SMILES string of the molecule is N#CCc1c[nH]c2cc(F)cc(O)c12. The van der Waals surface area contributed by atoms with Crippen LogP contribution in [0.15, 0.2) is 18.3 Å². The van der Waals surface area contributed by atoms with Crippen LogP contribution >= 0.6 is 0 Å². The molecule has 0 saturated carbocycles. The lowest BCUT2D eigenvalue weighted by atomic mass is 10.1. The third-order valence-electron chi connectivity index (χ3n) is 2.07. The molecule has 3 nitrogen and oxygen atoms in total. The summed E-state index contributed by atoms with van der Waals surface area (Å²) in [6.45, 7) is 0. The Hall–Kier alpha value is -2.02. The molecule has 0 radical (unpaired) electrons. The molecule has 4 heteroatoms. The van der Waals surface area contributed by atoms with Gasteiger partial charge in [-0.15, -0.1) is 0 Å². The highest BCUT2D eigenvalue weighted by molar-refractivity contribution is 5.89. The Morgan fingerprint density at radius 1 is 1.50 bits per heavy atom. The molecule has 0 amide bonds. The number of fused-ring (bicyclic) bond motifs is 1. The van der Waals surface area contributed by atoms with Gasteiger partial charge in [0.05, 0.1) is 18.0 Å². The second kappa shape index (κ2) is 3.04. The molecule has 2 aromatic rings. The molecule has 0 saturated heterocycles. The predicted molar refractivity (Wildman–Crippen MR) is 49.2 cm³/mol. The number of nitrogens with zero attached hydrogens (tertiary/aromatic N) is 1. The fourth-order valence-electron chi connectivity index (χ4n) is 1.51. The van der Waals surface area contributed by atoms with E-state index in [1.807, 2.05) is 6.07 Å². The Bertz CT molecular complexity index is 525. The summed E-state index contributed by atoms with van der Waals surface area (Å²) in [7, 11) is 0. The van der Waals surface area contributed by atoms with Crippen molar-refractivity contribution in [3.63, 3.8) is 0 Å². The summed E-state index contributed by atoms with van der Waals surface area (Å²) in [6.07, 6.45) is 1.80. The third-order valence-corrected chi connectivity index (χ3v) is 2.07. The van der Waals surface area contributed by atoms with E-state index < -0.39 is 5.82 Å². The van der Waals surface area contributed by atoms with Gasteiger partial charge in [-0.25, -0.2) is 4.39 Å². The number of nitrogens with one attached hydrogen (secondary N) is 1. The van der Waals surface area contributed by atoms with Crippen molar-refractivity contribution in [3.8, 4) is 11.8 Å². The van der Waals surface area contributed by atoms with Crippen molar-refractivity contribution in [2.45, 2.75) is 6.42 Å². The van der Waals surface area contributed by atoms with Gasteiger partial charge in [-0.2, -0.15) is 5.26 Å². The number of rotatable bonds is 1. The van der Waals surface area contributed by atoms with Crippen molar-refractivity contribution in [2.75, 3.05) is 0 Å². The highest BCUT2D eigenvalue weighted by Crippen LogP contribution is 2.29. The van der Waals surface area contributed by atoms with E-state index in [9.17, 15) is 9.50 Å². The first-order valence-corrected chi connectivity index (χ1v) is 4.08. The zero-order chi connectivity index (χ0) is 10.1. The molecular weight excluding hydrogens is 183 g/mol. The third kappa shape index (κ3) is 1.19. The maximum absolute atomic E-state index is 12.8. The number of phenolic OH excluding ortho intramolecular Hbond substituents is 1. The lowest BCUT2D eigenvalue weighted by molar-refractivity contribution is 0.475. The van der Waals surface area contributed by atoms with Gasteiger partial charge in [0, 0.05) is 17.6 Å². The van der Waals surface area contributed by atoms with E-state index in [0.717, 1.165) is 6.07 Å². The molecule has 1 aromatic carbocycles. The minimum atomic E-state index is -0.500. The second-order valence-corrected chi connectivity index (χ2v) is 3.00. The van der Waals surface area contributed by atoms with Crippen LogP contribution in [0.25, 0.3) is 10.9 Å². The molecule has 1 aromatic heterocycles. The van der Waals surface area contributed by atoms with Gasteiger partial charge >= 0.3 is 0 Å². The Balaban J connectivity index is 2.74. The minimum Gasteiger partial charge on any atom is -0.507 e. The van der Waals surface area contributed by atoms with Gasteiger partial charge in [0.15, 0.2) is 0 Å². The van der Waals surface area contributed by atoms with Gasteiger partial charge in [-0.05, 0) is 11.6 Å². The molecule has 2 N–H and O–H groups in total. The lowest BCUT2D eigenvalue weighted by Crippen LogP contribution is -1.80. The number of benzene rings is 1. The van der Waals surface area contributed by atoms with E-state index in [0.29, 0.717) is 16.5 Å². The lowest BCUT2D eigenvalue weighted by Gasteiger charge is -1.97. The van der Waals surface area contributed by atoms with Crippen LogP contribution in [0.1, 0.15) is 5.56 Å². The number of aromatic amines is 1. The maximum Gasteiger partial charge on any atom is 0.129 e. The number of aromatic hydroxyl groups is 1. The number of phenols is 1. The van der Waals surface area contributed by atoms with Crippen molar-refractivity contribution in [3.05, 3.63) is 29.7 Å². The standard InChI is InChI=1S/C10H7FN2O/c11-7-3-8-10(9(14)4-7)6(1-2-12)5-13-8/h3-5,13-14H,1H2. The first kappa shape index (κ1) is 8.57. The van der Waals surface area contributed by atoms with Gasteiger partial charge in [0.25, 0.3) is 0 Å². The Morgan fingerprint density at radius 2 is 2.29 bits per heavy atom. The maximum atomic E-state index is 12.8. The van der Waals surface area contributed by atoms with Crippen molar-refractivity contribution in [1.82, 2.24) is 4.98 Å². The van der Waals surface area contributed by atoms with E-state index in [2.05, 4.69) is 4.98 Å². The zero-order valence-corrected chi connectivity index (χ0v) is 7.21. The van der Waals surface area contributed by atoms with E-state index >= 15 is 0 Å². The summed E-state index contributed by atoms with van der Waals surface area (Å²) in [5.74, 6) is -0.633. The Kier molecular flexibility index (Phi) is 1.86. The van der Waals surface area contributed by atoms with Gasteiger partial charge < -0.3 is 10.1 Å². The number of H-pyrrole nitrogens is 1. The number of aromatic nitrogens is 1. The van der Waals surface area contributed by atoms with Crippen LogP contribution in [0.3, 0.4) is 0 Å². The Morgan fingerprint density at radius 3 is 3.00 bits per heavy atom. The van der Waals surface area contributed by atoms with Crippen LogP contribution in [0.2, 0.25) is 0 Å². The topological polar surface area (TPSA) is 59.8 Å².